The molecule has 2 aromatic rings. The molecule has 1 aromatic carbocycles. The number of nitrogens with zero attached hydrogens (tertiary/aromatic N) is 2. The number of likely N-dealkylation sites (N-methyl/N-ethyl adjacent to an activating group) is 1. The zero-order valence-electron chi connectivity index (χ0n) is 13.0. The summed E-state index contributed by atoms with van der Waals surface area (Å²) in [5, 5.41) is 12.6. The van der Waals surface area contributed by atoms with Gasteiger partial charge >= 0.3 is 11.8 Å². The first kappa shape index (κ1) is 15.6. The van der Waals surface area contributed by atoms with Crippen molar-refractivity contribution in [1.29, 1.82) is 0 Å². The van der Waals surface area contributed by atoms with E-state index in [9.17, 15) is 14.7 Å². The first-order valence-corrected chi connectivity index (χ1v) is 7.44. The van der Waals surface area contributed by atoms with Gasteiger partial charge in [-0.1, -0.05) is 0 Å². The summed E-state index contributed by atoms with van der Waals surface area (Å²) in [6.45, 7) is 2.83. The van der Waals surface area contributed by atoms with Crippen LogP contribution in [0.1, 0.15) is 6.92 Å². The van der Waals surface area contributed by atoms with E-state index in [1.165, 1.54) is 9.47 Å². The number of aryl methyl sites for hydroxylation is 1. The summed E-state index contributed by atoms with van der Waals surface area (Å²) in [4.78, 5) is 25.5. The normalized spacial score (nSPS) is 20.8. The van der Waals surface area contributed by atoms with Gasteiger partial charge in [0.2, 0.25) is 0 Å². The number of aliphatic hydroxyl groups is 1. The van der Waals surface area contributed by atoms with Gasteiger partial charge in [-0.15, -0.1) is 0 Å². The van der Waals surface area contributed by atoms with Crippen molar-refractivity contribution in [3.63, 3.8) is 0 Å². The summed E-state index contributed by atoms with van der Waals surface area (Å²) < 4.78 is 11.7. The van der Waals surface area contributed by atoms with Gasteiger partial charge in [-0.2, -0.15) is 0 Å². The van der Waals surface area contributed by atoms with Crippen LogP contribution in [0.15, 0.2) is 27.4 Å². The highest BCUT2D eigenvalue weighted by atomic mass is 16.5. The highest BCUT2D eigenvalue weighted by Gasteiger charge is 2.33. The van der Waals surface area contributed by atoms with Gasteiger partial charge in [0.25, 0.3) is 0 Å². The lowest BCUT2D eigenvalue weighted by molar-refractivity contribution is 0.1000. The molecule has 1 aliphatic heterocycles. The molecule has 2 amide bonds. The minimum atomic E-state index is -0.685. The molecule has 0 spiro atoms. The average Bonchev–Trinajstić information content (AvgIpc) is 3.05. The Balaban J connectivity index is 1.80. The minimum absolute atomic E-state index is 0.232. The van der Waals surface area contributed by atoms with E-state index >= 15 is 0 Å². The van der Waals surface area contributed by atoms with Crippen molar-refractivity contribution >= 4 is 22.8 Å². The van der Waals surface area contributed by atoms with Crippen LogP contribution in [0, 0.1) is 0 Å². The topological polar surface area (TPSA) is 96.9 Å². The molecule has 8 heteroatoms. The van der Waals surface area contributed by atoms with E-state index in [4.69, 9.17) is 9.15 Å². The lowest BCUT2D eigenvalue weighted by atomic mass is 10.2. The highest BCUT2D eigenvalue weighted by molar-refractivity contribution is 5.91. The number of urea groups is 1. The van der Waals surface area contributed by atoms with Crippen LogP contribution < -0.4 is 11.1 Å². The van der Waals surface area contributed by atoms with E-state index in [0.717, 1.165) is 0 Å². The molecule has 3 rings (SSSR count). The zero-order valence-corrected chi connectivity index (χ0v) is 13.0. The number of benzene rings is 1. The molecule has 2 atom stereocenters. The monoisotopic (exact) mass is 321 g/mol. The van der Waals surface area contributed by atoms with Crippen molar-refractivity contribution in [2.24, 2.45) is 7.05 Å². The third kappa shape index (κ3) is 2.82. The van der Waals surface area contributed by atoms with Gasteiger partial charge < -0.3 is 24.5 Å². The number of aliphatic hydroxyl groups excluding tert-OH is 1. The second-order valence-electron chi connectivity index (χ2n) is 5.50. The molecule has 1 aliphatic rings. The smallest absolute Gasteiger partial charge is 0.408 e. The molecule has 0 bridgehead atoms. The lowest BCUT2D eigenvalue weighted by Crippen LogP contribution is -2.48. The Morgan fingerprint density at radius 3 is 2.91 bits per heavy atom. The fraction of sp³-hybridized carbons (Fsp3) is 0.467. The van der Waals surface area contributed by atoms with Crippen LogP contribution >= 0.6 is 0 Å². The van der Waals surface area contributed by atoms with E-state index in [-0.39, 0.29) is 18.7 Å². The Morgan fingerprint density at radius 1 is 1.48 bits per heavy atom. The van der Waals surface area contributed by atoms with Crippen LogP contribution in [0.3, 0.4) is 0 Å². The molecule has 2 heterocycles. The van der Waals surface area contributed by atoms with E-state index < -0.39 is 11.9 Å². The SMILES string of the molecule is CCN(C(=O)Nc1ccc2c(c1)oc(=O)n2C)[C@@H]1COC[C@H]1O. The molecule has 2 N–H and O–H groups in total. The lowest BCUT2D eigenvalue weighted by Gasteiger charge is -2.28. The molecule has 1 fully saturated rings. The van der Waals surface area contributed by atoms with Crippen molar-refractivity contribution in [2.45, 2.75) is 19.1 Å². The summed E-state index contributed by atoms with van der Waals surface area (Å²) in [7, 11) is 1.62. The standard InChI is InChI=1S/C15H19N3O5/c1-3-18(11-7-22-8-12(11)19)14(20)16-9-4-5-10-13(6-9)23-15(21)17(10)2/h4-6,11-12,19H,3,7-8H2,1-2H3,(H,16,20)/t11-,12-/m1/s1. The van der Waals surface area contributed by atoms with Gasteiger partial charge in [0.1, 0.15) is 0 Å². The predicted molar refractivity (Wildman–Crippen MR) is 83.5 cm³/mol. The molecular weight excluding hydrogens is 302 g/mol. The van der Waals surface area contributed by atoms with E-state index in [1.807, 2.05) is 6.92 Å². The number of ether oxygens (including phenoxy) is 1. The second-order valence-corrected chi connectivity index (χ2v) is 5.50. The van der Waals surface area contributed by atoms with Crippen molar-refractivity contribution in [3.05, 3.63) is 28.7 Å². The Hall–Kier alpha value is -2.32. The number of fused-ring (bicyclic) bond motifs is 1. The maximum absolute atomic E-state index is 12.4. The number of anilines is 1. The van der Waals surface area contributed by atoms with Crippen molar-refractivity contribution in [1.82, 2.24) is 9.47 Å². The first-order chi connectivity index (χ1) is 11.0. The summed E-state index contributed by atoms with van der Waals surface area (Å²) >= 11 is 0. The maximum atomic E-state index is 12.4. The summed E-state index contributed by atoms with van der Waals surface area (Å²) in [6.07, 6.45) is -0.685. The number of oxazole rings is 1. The van der Waals surface area contributed by atoms with Crippen LogP contribution in [-0.4, -0.2) is 52.5 Å². The quantitative estimate of drug-likeness (QED) is 0.869. The molecule has 124 valence electrons. The number of hydrogen-bond acceptors (Lipinski definition) is 5. The number of hydrogen-bond donors (Lipinski definition) is 2. The number of carbonyl (C=O) groups is 1. The molecule has 0 saturated carbocycles. The molecule has 0 radical (unpaired) electrons. The van der Waals surface area contributed by atoms with Gasteiger partial charge in [0.05, 0.1) is 30.9 Å². The number of amides is 2. The van der Waals surface area contributed by atoms with Crippen molar-refractivity contribution in [2.75, 3.05) is 25.1 Å². The molecular formula is C15H19N3O5. The molecule has 0 aliphatic carbocycles. The Bertz CT molecular complexity index is 781. The molecule has 1 aromatic heterocycles. The number of nitrogens with one attached hydrogen (secondary N) is 1. The molecule has 0 unspecified atom stereocenters. The third-order valence-electron chi connectivity index (χ3n) is 4.07. The largest absolute Gasteiger partial charge is 0.419 e. The summed E-state index contributed by atoms with van der Waals surface area (Å²) in [5.41, 5.74) is 1.58. The first-order valence-electron chi connectivity index (χ1n) is 7.44. The van der Waals surface area contributed by atoms with Crippen molar-refractivity contribution in [3.8, 4) is 0 Å². The Labute approximate surface area is 132 Å². The third-order valence-corrected chi connectivity index (χ3v) is 4.07. The minimum Gasteiger partial charge on any atom is -0.408 e. The fourth-order valence-corrected chi connectivity index (χ4v) is 2.76. The number of rotatable bonds is 3. The van der Waals surface area contributed by atoms with Crippen molar-refractivity contribution < 1.29 is 19.1 Å². The number of carbonyl (C=O) groups excluding carboxylic acids is 1. The average molecular weight is 321 g/mol. The molecule has 1 saturated heterocycles. The molecule has 8 nitrogen and oxygen atoms in total. The predicted octanol–water partition coefficient (Wildman–Crippen LogP) is 0.745. The van der Waals surface area contributed by atoms with Crippen LogP contribution in [0.2, 0.25) is 0 Å². The number of aromatic nitrogens is 1. The Kier molecular flexibility index (Phi) is 4.10. The summed E-state index contributed by atoms with van der Waals surface area (Å²) in [5.74, 6) is -0.454. The second kappa shape index (κ2) is 6.05. The van der Waals surface area contributed by atoms with Crippen LogP contribution in [-0.2, 0) is 11.8 Å². The van der Waals surface area contributed by atoms with E-state index in [0.29, 0.717) is 29.9 Å². The fourth-order valence-electron chi connectivity index (χ4n) is 2.76. The van der Waals surface area contributed by atoms with E-state index in [2.05, 4.69) is 5.32 Å². The summed E-state index contributed by atoms with van der Waals surface area (Å²) in [6, 6.07) is 4.31. The van der Waals surface area contributed by atoms with Crippen LogP contribution in [0.5, 0.6) is 0 Å². The van der Waals surface area contributed by atoms with Crippen LogP contribution in [0.4, 0.5) is 10.5 Å². The van der Waals surface area contributed by atoms with Gasteiger partial charge in [-0.05, 0) is 19.1 Å². The van der Waals surface area contributed by atoms with Crippen LogP contribution in [0.25, 0.3) is 11.1 Å². The molecule has 23 heavy (non-hydrogen) atoms. The maximum Gasteiger partial charge on any atom is 0.419 e. The van der Waals surface area contributed by atoms with Gasteiger partial charge in [0, 0.05) is 25.3 Å². The van der Waals surface area contributed by atoms with Gasteiger partial charge in [0.15, 0.2) is 5.58 Å². The van der Waals surface area contributed by atoms with Gasteiger partial charge in [-0.25, -0.2) is 9.59 Å². The van der Waals surface area contributed by atoms with E-state index in [1.54, 1.807) is 25.2 Å². The highest BCUT2D eigenvalue weighted by Crippen LogP contribution is 2.19. The Morgan fingerprint density at radius 2 is 2.26 bits per heavy atom. The zero-order chi connectivity index (χ0) is 16.6. The van der Waals surface area contributed by atoms with Gasteiger partial charge in [-0.3, -0.25) is 4.57 Å².